The van der Waals surface area contributed by atoms with Crippen molar-refractivity contribution in [3.05, 3.63) is 78.8 Å². The van der Waals surface area contributed by atoms with Crippen LogP contribution < -0.4 is 10.1 Å². The van der Waals surface area contributed by atoms with Gasteiger partial charge in [0, 0.05) is 17.3 Å². The summed E-state index contributed by atoms with van der Waals surface area (Å²) >= 11 is 0. The highest BCUT2D eigenvalue weighted by Gasteiger charge is 2.11. The van der Waals surface area contributed by atoms with Gasteiger partial charge in [-0.15, -0.1) is 0 Å². The van der Waals surface area contributed by atoms with Crippen LogP contribution >= 0.6 is 0 Å². The normalized spacial score (nSPS) is 10.7. The number of ether oxygens (including phenoxy) is 1. The number of methoxy groups -OCH3 is 1. The number of nitrogens with one attached hydrogen (secondary N) is 1. The molecule has 0 fully saturated rings. The average molecular weight is 344 g/mol. The number of nitrogens with zero attached hydrogens (tertiary/aromatic N) is 3. The van der Waals surface area contributed by atoms with Gasteiger partial charge in [0.05, 0.1) is 25.2 Å². The third-order valence-electron chi connectivity index (χ3n) is 4.06. The summed E-state index contributed by atoms with van der Waals surface area (Å²) in [5.74, 6) is 1.19. The number of hydrogen-bond donors (Lipinski definition) is 1. The van der Waals surface area contributed by atoms with Crippen molar-refractivity contribution in [2.24, 2.45) is 0 Å². The van der Waals surface area contributed by atoms with Crippen LogP contribution in [0.3, 0.4) is 0 Å². The van der Waals surface area contributed by atoms with Crippen LogP contribution in [0.25, 0.3) is 16.9 Å². The summed E-state index contributed by atoms with van der Waals surface area (Å²) in [6.45, 7) is 0. The van der Waals surface area contributed by atoms with Crippen molar-refractivity contribution >= 4 is 17.4 Å². The maximum Gasteiger partial charge on any atom is 0.256 e. The van der Waals surface area contributed by atoms with E-state index in [9.17, 15) is 4.79 Å². The van der Waals surface area contributed by atoms with Gasteiger partial charge in [-0.3, -0.25) is 14.2 Å². The van der Waals surface area contributed by atoms with Gasteiger partial charge in [0.15, 0.2) is 5.65 Å². The molecular weight excluding hydrogens is 328 g/mol. The van der Waals surface area contributed by atoms with E-state index < -0.39 is 0 Å². The molecule has 0 atom stereocenters. The molecule has 0 saturated heterocycles. The van der Waals surface area contributed by atoms with E-state index in [1.165, 1.54) is 0 Å². The standard InChI is InChI=1S/C20H16N4O2/c1-26-16-9-7-14(8-10-16)17-13-24-18(11-21-17)22-12-19(24)23-20(25)15-5-3-2-4-6-15/h2-13H,1H3,(H,23,25). The Hall–Kier alpha value is -3.67. The van der Waals surface area contributed by atoms with Gasteiger partial charge in [-0.1, -0.05) is 18.2 Å². The maximum atomic E-state index is 12.4. The van der Waals surface area contributed by atoms with Crippen molar-refractivity contribution in [1.29, 1.82) is 0 Å². The predicted molar refractivity (Wildman–Crippen MR) is 99.4 cm³/mol. The predicted octanol–water partition coefficient (Wildman–Crippen LogP) is 3.66. The number of aromatic nitrogens is 3. The summed E-state index contributed by atoms with van der Waals surface area (Å²) in [5.41, 5.74) is 2.97. The third-order valence-corrected chi connectivity index (χ3v) is 4.06. The number of benzene rings is 2. The largest absolute Gasteiger partial charge is 0.497 e. The first-order valence-electron chi connectivity index (χ1n) is 8.08. The molecule has 1 amide bonds. The van der Waals surface area contributed by atoms with Crippen molar-refractivity contribution in [2.45, 2.75) is 0 Å². The second-order valence-electron chi connectivity index (χ2n) is 5.69. The average Bonchev–Trinajstić information content (AvgIpc) is 3.10. The smallest absolute Gasteiger partial charge is 0.256 e. The summed E-state index contributed by atoms with van der Waals surface area (Å²) in [5, 5.41) is 2.89. The number of hydrogen-bond acceptors (Lipinski definition) is 4. The Bertz CT molecular complexity index is 1060. The Kier molecular flexibility index (Phi) is 4.07. The number of carbonyl (C=O) groups excluding carboxylic acids is 1. The van der Waals surface area contributed by atoms with E-state index in [-0.39, 0.29) is 5.91 Å². The lowest BCUT2D eigenvalue weighted by molar-refractivity contribution is 0.102. The molecule has 0 bridgehead atoms. The topological polar surface area (TPSA) is 68.5 Å². The molecule has 2 aromatic heterocycles. The molecule has 4 rings (SSSR count). The van der Waals surface area contributed by atoms with Crippen molar-refractivity contribution in [1.82, 2.24) is 14.4 Å². The molecule has 0 radical (unpaired) electrons. The van der Waals surface area contributed by atoms with Gasteiger partial charge >= 0.3 is 0 Å². The van der Waals surface area contributed by atoms with E-state index in [1.807, 2.05) is 53.1 Å². The van der Waals surface area contributed by atoms with E-state index in [1.54, 1.807) is 31.6 Å². The molecule has 128 valence electrons. The van der Waals surface area contributed by atoms with Crippen LogP contribution in [0.5, 0.6) is 5.75 Å². The highest BCUT2D eigenvalue weighted by Crippen LogP contribution is 2.22. The summed E-state index contributed by atoms with van der Waals surface area (Å²) in [6.07, 6.45) is 5.15. The van der Waals surface area contributed by atoms with Crippen LogP contribution in [0.4, 0.5) is 5.82 Å². The molecule has 0 aliphatic carbocycles. The molecule has 26 heavy (non-hydrogen) atoms. The number of carbonyl (C=O) groups is 1. The van der Waals surface area contributed by atoms with E-state index >= 15 is 0 Å². The second kappa shape index (κ2) is 6.68. The fourth-order valence-electron chi connectivity index (χ4n) is 2.67. The lowest BCUT2D eigenvalue weighted by atomic mass is 10.1. The first-order chi connectivity index (χ1) is 12.7. The Labute approximate surface area is 150 Å². The zero-order chi connectivity index (χ0) is 17.9. The van der Waals surface area contributed by atoms with Gasteiger partial charge in [0.25, 0.3) is 5.91 Å². The molecule has 0 aliphatic rings. The van der Waals surface area contributed by atoms with Crippen LogP contribution in [0.1, 0.15) is 10.4 Å². The summed E-state index contributed by atoms with van der Waals surface area (Å²) in [7, 11) is 1.63. The second-order valence-corrected chi connectivity index (χ2v) is 5.69. The van der Waals surface area contributed by atoms with Gasteiger partial charge in [-0.25, -0.2) is 4.98 Å². The van der Waals surface area contributed by atoms with E-state index in [4.69, 9.17) is 4.74 Å². The highest BCUT2D eigenvalue weighted by molar-refractivity contribution is 6.03. The van der Waals surface area contributed by atoms with Crippen LogP contribution in [0.2, 0.25) is 0 Å². The Morgan fingerprint density at radius 3 is 2.50 bits per heavy atom. The van der Waals surface area contributed by atoms with Crippen molar-refractivity contribution in [3.63, 3.8) is 0 Å². The Balaban J connectivity index is 1.67. The highest BCUT2D eigenvalue weighted by atomic mass is 16.5. The number of fused-ring (bicyclic) bond motifs is 1. The van der Waals surface area contributed by atoms with Gasteiger partial charge in [-0.2, -0.15) is 0 Å². The number of anilines is 1. The number of amides is 1. The third kappa shape index (κ3) is 3.00. The fraction of sp³-hybridized carbons (Fsp3) is 0.0500. The first kappa shape index (κ1) is 15.8. The maximum absolute atomic E-state index is 12.4. The lowest BCUT2D eigenvalue weighted by Crippen LogP contribution is -2.13. The summed E-state index contributed by atoms with van der Waals surface area (Å²) in [4.78, 5) is 21.1. The SMILES string of the molecule is COc1ccc(-c2cn3c(NC(=O)c4ccccc4)cnc3cn2)cc1. The molecule has 0 spiro atoms. The molecule has 6 heteroatoms. The van der Waals surface area contributed by atoms with Crippen LogP contribution in [0, 0.1) is 0 Å². The first-order valence-corrected chi connectivity index (χ1v) is 8.08. The van der Waals surface area contributed by atoms with Crippen molar-refractivity contribution < 1.29 is 9.53 Å². The molecule has 0 saturated carbocycles. The van der Waals surface area contributed by atoms with E-state index in [0.29, 0.717) is 17.0 Å². The summed E-state index contributed by atoms with van der Waals surface area (Å²) < 4.78 is 7.00. The molecule has 0 aliphatic heterocycles. The Morgan fingerprint density at radius 2 is 1.77 bits per heavy atom. The van der Waals surface area contributed by atoms with Crippen molar-refractivity contribution in [2.75, 3.05) is 12.4 Å². The molecule has 2 aromatic carbocycles. The molecule has 4 aromatic rings. The van der Waals surface area contributed by atoms with Gasteiger partial charge in [0.2, 0.25) is 0 Å². The minimum absolute atomic E-state index is 0.185. The molecule has 1 N–H and O–H groups in total. The minimum atomic E-state index is -0.185. The van der Waals surface area contributed by atoms with Gasteiger partial charge in [-0.05, 0) is 36.4 Å². The quantitative estimate of drug-likeness (QED) is 0.613. The van der Waals surface area contributed by atoms with E-state index in [2.05, 4.69) is 15.3 Å². The number of imidazole rings is 1. The molecule has 2 heterocycles. The fourth-order valence-corrected chi connectivity index (χ4v) is 2.67. The van der Waals surface area contributed by atoms with Gasteiger partial charge < -0.3 is 10.1 Å². The monoisotopic (exact) mass is 344 g/mol. The van der Waals surface area contributed by atoms with Crippen LogP contribution in [-0.4, -0.2) is 27.4 Å². The van der Waals surface area contributed by atoms with Crippen LogP contribution in [0.15, 0.2) is 73.2 Å². The summed E-state index contributed by atoms with van der Waals surface area (Å²) in [6, 6.07) is 16.7. The molecular formula is C20H16N4O2. The lowest BCUT2D eigenvalue weighted by Gasteiger charge is -2.07. The van der Waals surface area contributed by atoms with Crippen LogP contribution in [-0.2, 0) is 0 Å². The minimum Gasteiger partial charge on any atom is -0.497 e. The van der Waals surface area contributed by atoms with E-state index in [0.717, 1.165) is 17.0 Å². The van der Waals surface area contributed by atoms with Gasteiger partial charge in [0.1, 0.15) is 11.6 Å². The Morgan fingerprint density at radius 1 is 1.00 bits per heavy atom. The molecule has 0 unspecified atom stereocenters. The molecule has 6 nitrogen and oxygen atoms in total. The zero-order valence-corrected chi connectivity index (χ0v) is 14.1. The van der Waals surface area contributed by atoms with Crippen molar-refractivity contribution in [3.8, 4) is 17.0 Å². The zero-order valence-electron chi connectivity index (χ0n) is 14.1. The number of rotatable bonds is 4.